The molecule has 0 radical (unpaired) electrons. The van der Waals surface area contributed by atoms with Crippen LogP contribution < -0.4 is 5.32 Å². The van der Waals surface area contributed by atoms with Crippen molar-refractivity contribution in [1.29, 1.82) is 0 Å². The van der Waals surface area contributed by atoms with Crippen LogP contribution in [0.3, 0.4) is 0 Å². The maximum absolute atomic E-state index is 12.0. The van der Waals surface area contributed by atoms with Gasteiger partial charge in [-0.2, -0.15) is 0 Å². The average molecular weight is 291 g/mol. The zero-order valence-corrected chi connectivity index (χ0v) is 12.5. The van der Waals surface area contributed by atoms with Gasteiger partial charge in [0.1, 0.15) is 4.88 Å². The van der Waals surface area contributed by atoms with Gasteiger partial charge in [0.2, 0.25) is 0 Å². The number of aromatic nitrogens is 2. The summed E-state index contributed by atoms with van der Waals surface area (Å²) in [5, 5.41) is 6.70. The number of nitrogens with zero attached hydrogens (tertiary/aromatic N) is 2. The van der Waals surface area contributed by atoms with E-state index in [2.05, 4.69) is 14.9 Å². The highest BCUT2D eigenvalue weighted by molar-refractivity contribution is 7.07. The molecule has 0 aliphatic rings. The van der Waals surface area contributed by atoms with Crippen molar-refractivity contribution in [2.24, 2.45) is 0 Å². The third kappa shape index (κ3) is 3.20. The van der Waals surface area contributed by atoms with Gasteiger partial charge in [-0.05, 0) is 36.5 Å². The first kappa shape index (κ1) is 14.6. The molecule has 2 aromatic rings. The molecule has 5 nitrogen and oxygen atoms in total. The molecule has 0 saturated carbocycles. The number of aryl methyl sites for hydroxylation is 2. The number of amides is 1. The summed E-state index contributed by atoms with van der Waals surface area (Å²) >= 11 is 1.10. The van der Waals surface area contributed by atoms with Crippen molar-refractivity contribution in [3.8, 4) is 0 Å². The van der Waals surface area contributed by atoms with Crippen LogP contribution in [0, 0.1) is 13.8 Å². The second kappa shape index (κ2) is 6.58. The van der Waals surface area contributed by atoms with Crippen molar-refractivity contribution < 1.29 is 9.53 Å². The number of nitrogens with one attached hydrogen (secondary N) is 1. The van der Waals surface area contributed by atoms with E-state index in [9.17, 15) is 4.79 Å². The normalized spacial score (nSPS) is 12.2. The van der Waals surface area contributed by atoms with Gasteiger partial charge in [-0.3, -0.25) is 4.79 Å². The number of hydrogen-bond donors (Lipinski definition) is 1. The van der Waals surface area contributed by atoms with E-state index in [0.717, 1.165) is 22.7 Å². The number of benzene rings is 1. The second-order valence-corrected chi connectivity index (χ2v) is 5.23. The van der Waals surface area contributed by atoms with Crippen LogP contribution in [0.2, 0.25) is 0 Å². The molecule has 1 N–H and O–H groups in total. The van der Waals surface area contributed by atoms with E-state index < -0.39 is 0 Å². The molecule has 106 valence electrons. The summed E-state index contributed by atoms with van der Waals surface area (Å²) in [6, 6.07) is 7.99. The fourth-order valence-electron chi connectivity index (χ4n) is 1.97. The lowest BCUT2D eigenvalue weighted by atomic mass is 10.0. The quantitative estimate of drug-likeness (QED) is 0.918. The zero-order chi connectivity index (χ0) is 14.5. The standard InChI is InChI=1S/C14H17N3O2S/c1-9-6-4-5-7-11(9)12(19-3)8-15-14(18)13-10(2)16-17-20-13/h4-7,12H,8H2,1-3H3,(H,15,18). The summed E-state index contributed by atoms with van der Waals surface area (Å²) in [6.45, 7) is 4.21. The summed E-state index contributed by atoms with van der Waals surface area (Å²) in [5.74, 6) is -0.159. The largest absolute Gasteiger partial charge is 0.375 e. The minimum Gasteiger partial charge on any atom is -0.375 e. The molecule has 1 unspecified atom stereocenters. The van der Waals surface area contributed by atoms with E-state index >= 15 is 0 Å². The predicted molar refractivity (Wildman–Crippen MR) is 77.9 cm³/mol. The predicted octanol–water partition coefficient (Wildman–Crippen LogP) is 2.27. The van der Waals surface area contributed by atoms with Gasteiger partial charge in [0.25, 0.3) is 5.91 Å². The van der Waals surface area contributed by atoms with Gasteiger partial charge in [-0.25, -0.2) is 0 Å². The molecule has 0 bridgehead atoms. The summed E-state index contributed by atoms with van der Waals surface area (Å²) in [7, 11) is 1.64. The van der Waals surface area contributed by atoms with E-state index in [-0.39, 0.29) is 12.0 Å². The lowest BCUT2D eigenvalue weighted by Crippen LogP contribution is -2.29. The molecule has 0 aliphatic heterocycles. The number of rotatable bonds is 5. The fraction of sp³-hybridized carbons (Fsp3) is 0.357. The molecule has 1 heterocycles. The van der Waals surface area contributed by atoms with Crippen LogP contribution in [0.15, 0.2) is 24.3 Å². The molecule has 1 aromatic carbocycles. The zero-order valence-electron chi connectivity index (χ0n) is 11.7. The van der Waals surface area contributed by atoms with E-state index in [0.29, 0.717) is 17.1 Å². The van der Waals surface area contributed by atoms with Crippen LogP contribution >= 0.6 is 11.5 Å². The molecule has 0 fully saturated rings. The van der Waals surface area contributed by atoms with E-state index in [4.69, 9.17) is 4.74 Å². The highest BCUT2D eigenvalue weighted by Gasteiger charge is 2.17. The Morgan fingerprint density at radius 2 is 2.15 bits per heavy atom. The lowest BCUT2D eigenvalue weighted by Gasteiger charge is -2.18. The number of carbonyl (C=O) groups is 1. The summed E-state index contributed by atoms with van der Waals surface area (Å²) in [4.78, 5) is 12.6. The molecule has 1 aromatic heterocycles. The maximum atomic E-state index is 12.0. The SMILES string of the molecule is COC(CNC(=O)c1snnc1C)c1ccccc1C. The molecule has 1 amide bonds. The van der Waals surface area contributed by atoms with Crippen molar-refractivity contribution in [1.82, 2.24) is 14.9 Å². The first-order valence-corrected chi connectivity index (χ1v) is 7.06. The molecular weight excluding hydrogens is 274 g/mol. The molecule has 20 heavy (non-hydrogen) atoms. The van der Waals surface area contributed by atoms with Crippen molar-refractivity contribution in [2.75, 3.05) is 13.7 Å². The van der Waals surface area contributed by atoms with Crippen molar-refractivity contribution >= 4 is 17.4 Å². The Bertz CT molecular complexity index is 598. The first-order chi connectivity index (χ1) is 9.63. The summed E-state index contributed by atoms with van der Waals surface area (Å²) in [5.41, 5.74) is 2.87. The van der Waals surface area contributed by atoms with Gasteiger partial charge in [-0.1, -0.05) is 28.8 Å². The minimum atomic E-state index is -0.165. The van der Waals surface area contributed by atoms with Gasteiger partial charge in [0.15, 0.2) is 0 Å². The minimum absolute atomic E-state index is 0.159. The molecular formula is C14H17N3O2S. The Labute approximate surface area is 122 Å². The highest BCUT2D eigenvalue weighted by Crippen LogP contribution is 2.20. The first-order valence-electron chi connectivity index (χ1n) is 6.29. The maximum Gasteiger partial charge on any atom is 0.265 e. The van der Waals surface area contributed by atoms with E-state index in [1.165, 1.54) is 0 Å². The second-order valence-electron chi connectivity index (χ2n) is 4.48. The van der Waals surface area contributed by atoms with Crippen molar-refractivity contribution in [3.63, 3.8) is 0 Å². The Kier molecular flexibility index (Phi) is 4.81. The lowest BCUT2D eigenvalue weighted by molar-refractivity contribution is 0.0828. The van der Waals surface area contributed by atoms with Crippen molar-refractivity contribution in [2.45, 2.75) is 20.0 Å². The Morgan fingerprint density at radius 1 is 1.40 bits per heavy atom. The number of carbonyl (C=O) groups excluding carboxylic acids is 1. The molecule has 6 heteroatoms. The van der Waals surface area contributed by atoms with Crippen LogP contribution in [0.1, 0.15) is 32.6 Å². The van der Waals surface area contributed by atoms with Crippen LogP contribution in [-0.4, -0.2) is 29.1 Å². The smallest absolute Gasteiger partial charge is 0.265 e. The number of hydrogen-bond acceptors (Lipinski definition) is 5. The van der Waals surface area contributed by atoms with Gasteiger partial charge in [-0.15, -0.1) is 5.10 Å². The third-order valence-electron chi connectivity index (χ3n) is 3.13. The number of methoxy groups -OCH3 is 1. The van der Waals surface area contributed by atoms with Crippen LogP contribution in [0.25, 0.3) is 0 Å². The van der Waals surface area contributed by atoms with Gasteiger partial charge in [0.05, 0.1) is 11.8 Å². The van der Waals surface area contributed by atoms with Gasteiger partial charge in [0, 0.05) is 13.7 Å². The summed E-state index contributed by atoms with van der Waals surface area (Å²) < 4.78 is 9.23. The molecule has 1 atom stereocenters. The Balaban J connectivity index is 2.03. The monoisotopic (exact) mass is 291 g/mol. The van der Waals surface area contributed by atoms with Crippen LogP contribution in [0.4, 0.5) is 0 Å². The van der Waals surface area contributed by atoms with Gasteiger partial charge < -0.3 is 10.1 Å². The van der Waals surface area contributed by atoms with E-state index in [1.807, 2.05) is 31.2 Å². The van der Waals surface area contributed by atoms with Crippen LogP contribution in [-0.2, 0) is 4.74 Å². The molecule has 0 spiro atoms. The highest BCUT2D eigenvalue weighted by atomic mass is 32.1. The molecule has 0 saturated heterocycles. The fourth-order valence-corrected chi connectivity index (χ4v) is 2.55. The number of ether oxygens (including phenoxy) is 1. The Morgan fingerprint density at radius 3 is 2.75 bits per heavy atom. The topological polar surface area (TPSA) is 64.1 Å². The van der Waals surface area contributed by atoms with Gasteiger partial charge >= 0.3 is 0 Å². The van der Waals surface area contributed by atoms with Crippen molar-refractivity contribution in [3.05, 3.63) is 46.0 Å². The third-order valence-corrected chi connectivity index (χ3v) is 3.95. The Hall–Kier alpha value is -1.79. The van der Waals surface area contributed by atoms with Crippen LogP contribution in [0.5, 0.6) is 0 Å². The average Bonchev–Trinajstić information content (AvgIpc) is 2.87. The molecule has 2 rings (SSSR count). The summed E-state index contributed by atoms with van der Waals surface area (Å²) in [6.07, 6.45) is -0.165. The molecule has 0 aliphatic carbocycles. The van der Waals surface area contributed by atoms with E-state index in [1.54, 1.807) is 14.0 Å².